The van der Waals surface area contributed by atoms with Crippen LogP contribution in [0.2, 0.25) is 20.1 Å². The van der Waals surface area contributed by atoms with Gasteiger partial charge in [-0.15, -0.1) is 0 Å². The molecule has 3 aromatic carbocycles. The number of carboxylic acid groups (broad SMARTS) is 1. The van der Waals surface area contributed by atoms with Gasteiger partial charge in [-0.05, 0) is 35.9 Å². The molecular weight excluding hydrogens is 544 g/mol. The molecule has 0 spiro atoms. The molecule has 0 radical (unpaired) electrons. The molecule has 0 aliphatic rings. The third kappa shape index (κ3) is 5.11. The number of rotatable bonds is 6. The lowest BCUT2D eigenvalue weighted by molar-refractivity contribution is -0.139. The molecule has 0 fully saturated rings. The molecular formula is C26H15Cl4N3O3. The molecule has 0 saturated heterocycles. The molecule has 10 heteroatoms. The second kappa shape index (κ2) is 10.7. The molecule has 1 atom stereocenters. The van der Waals surface area contributed by atoms with Crippen molar-refractivity contribution >= 4 is 74.9 Å². The van der Waals surface area contributed by atoms with Crippen molar-refractivity contribution < 1.29 is 14.7 Å². The summed E-state index contributed by atoms with van der Waals surface area (Å²) in [7, 11) is 0. The fourth-order valence-corrected chi connectivity index (χ4v) is 5.11. The van der Waals surface area contributed by atoms with E-state index in [9.17, 15) is 14.7 Å². The van der Waals surface area contributed by atoms with Crippen LogP contribution in [-0.2, 0) is 11.2 Å². The van der Waals surface area contributed by atoms with Crippen LogP contribution in [0.1, 0.15) is 15.9 Å². The van der Waals surface area contributed by atoms with Crippen molar-refractivity contribution in [3.8, 4) is 11.1 Å². The smallest absolute Gasteiger partial charge is 0.326 e. The Morgan fingerprint density at radius 2 is 1.64 bits per heavy atom. The minimum absolute atomic E-state index is 0.00102. The van der Waals surface area contributed by atoms with Crippen LogP contribution in [0.15, 0.2) is 60.8 Å². The largest absolute Gasteiger partial charge is 0.480 e. The quantitative estimate of drug-likeness (QED) is 0.240. The van der Waals surface area contributed by atoms with Gasteiger partial charge in [-0.2, -0.15) is 0 Å². The van der Waals surface area contributed by atoms with Crippen LogP contribution in [0.4, 0.5) is 5.69 Å². The van der Waals surface area contributed by atoms with Gasteiger partial charge >= 0.3 is 5.97 Å². The lowest BCUT2D eigenvalue weighted by Gasteiger charge is -2.18. The van der Waals surface area contributed by atoms with Crippen molar-refractivity contribution in [2.24, 2.45) is 0 Å². The first-order valence-corrected chi connectivity index (χ1v) is 11.9. The van der Waals surface area contributed by atoms with Crippen molar-refractivity contribution in [2.75, 3.05) is 0 Å². The predicted octanol–water partition coefficient (Wildman–Crippen LogP) is 7.49. The van der Waals surface area contributed by atoms with Gasteiger partial charge in [0, 0.05) is 39.2 Å². The minimum atomic E-state index is -1.27. The number of aromatic nitrogens is 1. The third-order valence-corrected chi connectivity index (χ3v) is 6.73. The number of pyridine rings is 1. The Kier molecular flexibility index (Phi) is 7.67. The van der Waals surface area contributed by atoms with Crippen molar-refractivity contribution in [3.05, 3.63) is 103 Å². The number of benzene rings is 3. The molecule has 6 nitrogen and oxygen atoms in total. The van der Waals surface area contributed by atoms with Crippen LogP contribution in [-0.4, -0.2) is 28.0 Å². The summed E-state index contributed by atoms with van der Waals surface area (Å²) < 4.78 is 0. The Bertz CT molecular complexity index is 1520. The van der Waals surface area contributed by atoms with Gasteiger partial charge in [-0.1, -0.05) is 70.7 Å². The van der Waals surface area contributed by atoms with Crippen molar-refractivity contribution in [1.29, 1.82) is 0 Å². The first kappa shape index (κ1) is 25.7. The monoisotopic (exact) mass is 557 g/mol. The van der Waals surface area contributed by atoms with Crippen LogP contribution in [0, 0.1) is 6.57 Å². The summed E-state index contributed by atoms with van der Waals surface area (Å²) in [6, 6.07) is 13.3. The standard InChI is InChI=1S/C26H15Cl4N3O3/c1-31-14-11-19(29)22(20(30)12-14)16-8-7-13(15-4-3-9-32-24(15)16)10-21(26(35)36)33-25(34)23-17(27)5-2-6-18(23)28/h2-9,11-12,21H,10H2,(H,33,34)(H,35,36)/t21-/m0/s1. The number of nitrogens with zero attached hydrogens (tertiary/aromatic N) is 2. The van der Waals surface area contributed by atoms with E-state index in [1.165, 1.54) is 24.3 Å². The molecule has 1 aromatic heterocycles. The first-order chi connectivity index (χ1) is 17.2. The molecule has 0 unspecified atom stereocenters. The molecule has 0 saturated carbocycles. The minimum Gasteiger partial charge on any atom is -0.480 e. The SMILES string of the molecule is [C-]#[N+]c1cc(Cl)c(-c2ccc(C[C@H](NC(=O)c3c(Cl)cccc3Cl)C(=O)O)c3cccnc23)c(Cl)c1. The molecule has 0 bridgehead atoms. The van der Waals surface area contributed by atoms with E-state index in [1.54, 1.807) is 36.5 Å². The Labute approximate surface area is 226 Å². The molecule has 1 amide bonds. The lowest BCUT2D eigenvalue weighted by atomic mass is 9.95. The third-order valence-electron chi connectivity index (χ3n) is 5.50. The highest BCUT2D eigenvalue weighted by molar-refractivity contribution is 6.40. The van der Waals surface area contributed by atoms with E-state index >= 15 is 0 Å². The van der Waals surface area contributed by atoms with Gasteiger partial charge in [0.15, 0.2) is 5.69 Å². The van der Waals surface area contributed by atoms with Crippen LogP contribution >= 0.6 is 46.4 Å². The second-order valence-corrected chi connectivity index (χ2v) is 9.36. The Hall–Kier alpha value is -3.34. The van der Waals surface area contributed by atoms with E-state index in [2.05, 4.69) is 15.1 Å². The van der Waals surface area contributed by atoms with Crippen LogP contribution in [0.3, 0.4) is 0 Å². The maximum atomic E-state index is 12.8. The Balaban J connectivity index is 1.74. The molecule has 0 aliphatic carbocycles. The number of carboxylic acids is 1. The zero-order valence-corrected chi connectivity index (χ0v) is 21.3. The zero-order chi connectivity index (χ0) is 26.0. The summed E-state index contributed by atoms with van der Waals surface area (Å²) in [6.07, 6.45) is 1.56. The van der Waals surface area contributed by atoms with Gasteiger partial charge in [-0.25, -0.2) is 9.64 Å². The number of nitrogens with one attached hydrogen (secondary N) is 1. The maximum absolute atomic E-state index is 12.8. The van der Waals surface area contributed by atoms with Crippen LogP contribution in [0.25, 0.3) is 26.9 Å². The number of aliphatic carboxylic acids is 1. The van der Waals surface area contributed by atoms with E-state index in [4.69, 9.17) is 53.0 Å². The number of fused-ring (bicyclic) bond motifs is 1. The summed E-state index contributed by atoms with van der Waals surface area (Å²) >= 11 is 25.1. The summed E-state index contributed by atoms with van der Waals surface area (Å²) in [5, 5.41) is 13.8. The van der Waals surface area contributed by atoms with Crippen molar-refractivity contribution in [2.45, 2.75) is 12.5 Å². The highest BCUT2D eigenvalue weighted by atomic mass is 35.5. The molecule has 1 heterocycles. The van der Waals surface area contributed by atoms with Crippen LogP contribution < -0.4 is 5.32 Å². The predicted molar refractivity (Wildman–Crippen MR) is 143 cm³/mol. The van der Waals surface area contributed by atoms with E-state index in [1.807, 2.05) is 0 Å². The van der Waals surface area contributed by atoms with Gasteiger partial charge in [0.05, 0.1) is 27.7 Å². The van der Waals surface area contributed by atoms with Crippen LogP contribution in [0.5, 0.6) is 0 Å². The molecule has 0 aliphatic heterocycles. The van der Waals surface area contributed by atoms with E-state index in [0.29, 0.717) is 43.3 Å². The summed E-state index contributed by atoms with van der Waals surface area (Å²) in [5.74, 6) is -1.93. The number of hydrogen-bond acceptors (Lipinski definition) is 3. The average Bonchev–Trinajstić information content (AvgIpc) is 2.84. The highest BCUT2D eigenvalue weighted by Gasteiger charge is 2.25. The summed E-state index contributed by atoms with van der Waals surface area (Å²) in [6.45, 7) is 7.20. The van der Waals surface area contributed by atoms with Gasteiger partial charge < -0.3 is 10.4 Å². The Morgan fingerprint density at radius 3 is 2.25 bits per heavy atom. The highest BCUT2D eigenvalue weighted by Crippen LogP contribution is 2.41. The molecule has 2 N–H and O–H groups in total. The topological polar surface area (TPSA) is 83.7 Å². The van der Waals surface area contributed by atoms with Crippen molar-refractivity contribution in [1.82, 2.24) is 10.3 Å². The number of hydrogen-bond donors (Lipinski definition) is 2. The first-order valence-electron chi connectivity index (χ1n) is 10.4. The number of carbonyl (C=O) groups is 2. The Morgan fingerprint density at radius 1 is 0.972 bits per heavy atom. The molecule has 4 aromatic rings. The van der Waals surface area contributed by atoms with E-state index < -0.39 is 17.9 Å². The number of amides is 1. The molecule has 4 rings (SSSR count). The fraction of sp³-hybridized carbons (Fsp3) is 0.0769. The van der Waals surface area contributed by atoms with E-state index in [-0.39, 0.29) is 22.0 Å². The zero-order valence-electron chi connectivity index (χ0n) is 18.2. The van der Waals surface area contributed by atoms with Gasteiger partial charge in [-0.3, -0.25) is 9.78 Å². The summed E-state index contributed by atoms with van der Waals surface area (Å²) in [5.41, 5.74) is 2.61. The number of carbonyl (C=O) groups excluding carboxylic acids is 1. The lowest BCUT2D eigenvalue weighted by Crippen LogP contribution is -2.42. The second-order valence-electron chi connectivity index (χ2n) is 7.73. The molecule has 180 valence electrons. The fourth-order valence-electron chi connectivity index (χ4n) is 3.86. The van der Waals surface area contributed by atoms with Gasteiger partial charge in [0.2, 0.25) is 0 Å². The normalized spacial score (nSPS) is 11.6. The summed E-state index contributed by atoms with van der Waals surface area (Å²) in [4.78, 5) is 32.7. The van der Waals surface area contributed by atoms with E-state index in [0.717, 1.165) is 0 Å². The maximum Gasteiger partial charge on any atom is 0.326 e. The number of halogens is 4. The van der Waals surface area contributed by atoms with Crippen molar-refractivity contribution in [3.63, 3.8) is 0 Å². The molecule has 36 heavy (non-hydrogen) atoms. The average molecular weight is 559 g/mol. The van der Waals surface area contributed by atoms with Gasteiger partial charge in [0.1, 0.15) is 6.04 Å². The van der Waals surface area contributed by atoms with Gasteiger partial charge in [0.25, 0.3) is 5.91 Å².